The van der Waals surface area contributed by atoms with E-state index < -0.39 is 0 Å². The van der Waals surface area contributed by atoms with E-state index in [0.29, 0.717) is 18.2 Å². The molecule has 1 fully saturated rings. The molecule has 0 spiro atoms. The Hall–Kier alpha value is -1.80. The molecule has 2 aromatic rings. The first-order valence-electron chi connectivity index (χ1n) is 9.27. The van der Waals surface area contributed by atoms with Gasteiger partial charge in [-0.05, 0) is 61.3 Å². The Morgan fingerprint density at radius 1 is 0.960 bits per heavy atom. The van der Waals surface area contributed by atoms with Gasteiger partial charge in [0.05, 0.1) is 0 Å². The predicted octanol–water partition coefficient (Wildman–Crippen LogP) is 5.14. The normalized spacial score (nSPS) is 15.3. The van der Waals surface area contributed by atoms with Crippen molar-refractivity contribution in [1.82, 2.24) is 4.90 Å². The van der Waals surface area contributed by atoms with E-state index in [2.05, 4.69) is 35.2 Å². The van der Waals surface area contributed by atoms with E-state index in [1.54, 1.807) is 0 Å². The van der Waals surface area contributed by atoms with E-state index in [1.807, 2.05) is 24.3 Å². The van der Waals surface area contributed by atoms with Gasteiger partial charge in [-0.25, -0.2) is 0 Å². The molecule has 0 bridgehead atoms. The Labute approximate surface area is 155 Å². The lowest BCUT2D eigenvalue weighted by atomic mass is 9.90. The number of benzene rings is 2. The Morgan fingerprint density at radius 3 is 2.32 bits per heavy atom. The van der Waals surface area contributed by atoms with Crippen molar-refractivity contribution in [3.8, 4) is 0 Å². The van der Waals surface area contributed by atoms with Gasteiger partial charge in [-0.3, -0.25) is 4.79 Å². The third kappa shape index (κ3) is 5.61. The number of halogens is 1. The molecule has 1 amide bonds. The highest BCUT2D eigenvalue weighted by atomic mass is 35.5. The molecule has 3 rings (SSSR count). The monoisotopic (exact) mass is 355 g/mol. The van der Waals surface area contributed by atoms with Gasteiger partial charge in [0.15, 0.2) is 0 Å². The molecule has 0 unspecified atom stereocenters. The maximum absolute atomic E-state index is 12.4. The Bertz CT molecular complexity index is 660. The minimum Gasteiger partial charge on any atom is -0.343 e. The lowest BCUT2D eigenvalue weighted by Crippen LogP contribution is -2.38. The van der Waals surface area contributed by atoms with Crippen molar-refractivity contribution in [2.24, 2.45) is 5.92 Å². The first kappa shape index (κ1) is 18.0. The van der Waals surface area contributed by atoms with Crippen molar-refractivity contribution in [2.45, 2.75) is 38.5 Å². The van der Waals surface area contributed by atoms with Crippen LogP contribution >= 0.6 is 11.6 Å². The van der Waals surface area contributed by atoms with Gasteiger partial charge in [0.1, 0.15) is 0 Å². The smallest absolute Gasteiger partial charge is 0.222 e. The molecular weight excluding hydrogens is 330 g/mol. The summed E-state index contributed by atoms with van der Waals surface area (Å²) < 4.78 is 0. The van der Waals surface area contributed by atoms with Crippen LogP contribution in [0, 0.1) is 5.92 Å². The largest absolute Gasteiger partial charge is 0.343 e. The third-order valence-electron chi connectivity index (χ3n) is 5.10. The minimum atomic E-state index is 0.312. The molecule has 2 aromatic carbocycles. The SMILES string of the molecule is O=C(CCCc1ccc(Cl)cc1)N1CCC(Cc2ccccc2)CC1. The van der Waals surface area contributed by atoms with Gasteiger partial charge in [0, 0.05) is 24.5 Å². The number of aryl methyl sites for hydroxylation is 1. The van der Waals surface area contributed by atoms with Crippen LogP contribution in [0.3, 0.4) is 0 Å². The molecule has 2 nitrogen and oxygen atoms in total. The lowest BCUT2D eigenvalue weighted by molar-refractivity contribution is -0.132. The number of carbonyl (C=O) groups excluding carboxylic acids is 1. The number of carbonyl (C=O) groups is 1. The predicted molar refractivity (Wildman–Crippen MR) is 104 cm³/mol. The molecule has 0 aliphatic carbocycles. The average Bonchev–Trinajstić information content (AvgIpc) is 2.65. The number of rotatable bonds is 6. The van der Waals surface area contributed by atoms with Crippen LogP contribution < -0.4 is 0 Å². The fourth-order valence-corrected chi connectivity index (χ4v) is 3.71. The number of hydrogen-bond acceptors (Lipinski definition) is 1. The van der Waals surface area contributed by atoms with Crippen LogP contribution in [0.1, 0.15) is 36.8 Å². The van der Waals surface area contributed by atoms with Crippen molar-refractivity contribution in [2.75, 3.05) is 13.1 Å². The molecule has 1 aliphatic rings. The zero-order valence-electron chi connectivity index (χ0n) is 14.7. The second-order valence-corrected chi connectivity index (χ2v) is 7.43. The number of amides is 1. The van der Waals surface area contributed by atoms with Crippen LogP contribution in [-0.2, 0) is 17.6 Å². The molecule has 0 aromatic heterocycles. The molecule has 25 heavy (non-hydrogen) atoms. The molecule has 1 heterocycles. The van der Waals surface area contributed by atoms with Crippen molar-refractivity contribution in [1.29, 1.82) is 0 Å². The highest BCUT2D eigenvalue weighted by Gasteiger charge is 2.22. The number of piperidine rings is 1. The summed E-state index contributed by atoms with van der Waals surface area (Å²) in [6, 6.07) is 18.6. The molecule has 132 valence electrons. The first-order chi connectivity index (χ1) is 12.2. The van der Waals surface area contributed by atoms with Crippen molar-refractivity contribution in [3.63, 3.8) is 0 Å². The van der Waals surface area contributed by atoms with E-state index >= 15 is 0 Å². The summed E-state index contributed by atoms with van der Waals surface area (Å²) in [6.45, 7) is 1.83. The van der Waals surface area contributed by atoms with E-state index in [1.165, 1.54) is 11.1 Å². The van der Waals surface area contributed by atoms with E-state index in [9.17, 15) is 4.79 Å². The Kier molecular flexibility index (Phi) is 6.52. The van der Waals surface area contributed by atoms with E-state index in [-0.39, 0.29) is 0 Å². The average molecular weight is 356 g/mol. The molecule has 0 N–H and O–H groups in total. The standard InChI is InChI=1S/C22H26ClNO/c23-21-11-9-18(10-12-21)7-4-8-22(25)24-15-13-20(14-16-24)17-19-5-2-1-3-6-19/h1-3,5-6,9-12,20H,4,7-8,13-17H2. The van der Waals surface area contributed by atoms with Gasteiger partial charge in [-0.1, -0.05) is 54.1 Å². The summed E-state index contributed by atoms with van der Waals surface area (Å²) in [6.07, 6.45) is 5.87. The van der Waals surface area contributed by atoms with E-state index in [4.69, 9.17) is 11.6 Å². The van der Waals surface area contributed by atoms with Crippen LogP contribution in [-0.4, -0.2) is 23.9 Å². The zero-order valence-corrected chi connectivity index (χ0v) is 15.4. The van der Waals surface area contributed by atoms with Crippen molar-refractivity contribution in [3.05, 3.63) is 70.7 Å². The lowest BCUT2D eigenvalue weighted by Gasteiger charge is -2.32. The second-order valence-electron chi connectivity index (χ2n) is 6.99. The summed E-state index contributed by atoms with van der Waals surface area (Å²) in [5, 5.41) is 0.762. The van der Waals surface area contributed by atoms with Gasteiger partial charge in [0.2, 0.25) is 5.91 Å². The third-order valence-corrected chi connectivity index (χ3v) is 5.36. The summed E-state index contributed by atoms with van der Waals surface area (Å²) in [5.41, 5.74) is 2.66. The van der Waals surface area contributed by atoms with Gasteiger partial charge < -0.3 is 4.90 Å². The van der Waals surface area contributed by atoms with Crippen molar-refractivity contribution < 1.29 is 4.79 Å². The summed E-state index contributed by atoms with van der Waals surface area (Å²) in [4.78, 5) is 14.5. The molecule has 1 saturated heterocycles. The molecule has 3 heteroatoms. The summed E-state index contributed by atoms with van der Waals surface area (Å²) in [5.74, 6) is 1.02. The van der Waals surface area contributed by atoms with Gasteiger partial charge in [0.25, 0.3) is 0 Å². The van der Waals surface area contributed by atoms with Crippen LogP contribution in [0.15, 0.2) is 54.6 Å². The van der Waals surface area contributed by atoms with Gasteiger partial charge >= 0.3 is 0 Å². The number of likely N-dealkylation sites (tertiary alicyclic amines) is 1. The van der Waals surface area contributed by atoms with Crippen LogP contribution in [0.4, 0.5) is 0 Å². The molecular formula is C22H26ClNO. The topological polar surface area (TPSA) is 20.3 Å². The summed E-state index contributed by atoms with van der Waals surface area (Å²) >= 11 is 5.90. The second kappa shape index (κ2) is 9.05. The maximum atomic E-state index is 12.4. The molecule has 0 radical (unpaired) electrons. The number of nitrogens with zero attached hydrogens (tertiary/aromatic N) is 1. The van der Waals surface area contributed by atoms with Crippen LogP contribution in [0.25, 0.3) is 0 Å². The molecule has 0 saturated carbocycles. The number of hydrogen-bond donors (Lipinski definition) is 0. The maximum Gasteiger partial charge on any atom is 0.222 e. The zero-order chi connectivity index (χ0) is 17.5. The van der Waals surface area contributed by atoms with E-state index in [0.717, 1.165) is 50.2 Å². The van der Waals surface area contributed by atoms with Gasteiger partial charge in [-0.15, -0.1) is 0 Å². The quantitative estimate of drug-likeness (QED) is 0.702. The van der Waals surface area contributed by atoms with Crippen LogP contribution in [0.5, 0.6) is 0 Å². The fraction of sp³-hybridized carbons (Fsp3) is 0.409. The van der Waals surface area contributed by atoms with Crippen LogP contribution in [0.2, 0.25) is 5.02 Å². The molecule has 1 aliphatic heterocycles. The molecule has 0 atom stereocenters. The van der Waals surface area contributed by atoms with Crippen molar-refractivity contribution >= 4 is 17.5 Å². The minimum absolute atomic E-state index is 0.312. The summed E-state index contributed by atoms with van der Waals surface area (Å²) in [7, 11) is 0. The Balaban J connectivity index is 1.37. The fourth-order valence-electron chi connectivity index (χ4n) is 3.59. The first-order valence-corrected chi connectivity index (χ1v) is 9.64. The Morgan fingerprint density at radius 2 is 1.64 bits per heavy atom. The highest BCUT2D eigenvalue weighted by Crippen LogP contribution is 2.22. The highest BCUT2D eigenvalue weighted by molar-refractivity contribution is 6.30. The van der Waals surface area contributed by atoms with Gasteiger partial charge in [-0.2, -0.15) is 0 Å².